The lowest BCUT2D eigenvalue weighted by Gasteiger charge is -2.31. The summed E-state index contributed by atoms with van der Waals surface area (Å²) in [7, 11) is 7.01. The maximum atomic E-state index is 5.83. The molecule has 0 aliphatic rings. The topological polar surface area (TPSA) is 36.9 Å². The molecule has 0 spiro atoms. The molecule has 4 nitrogen and oxygen atoms in total. The van der Waals surface area contributed by atoms with E-state index in [9.17, 15) is 0 Å². The molecule has 0 fully saturated rings. The maximum Gasteiger partial charge on any atom is 0.194 e. The third-order valence-electron chi connectivity index (χ3n) is 9.47. The van der Waals surface area contributed by atoms with Crippen molar-refractivity contribution < 1.29 is 18.9 Å². The highest BCUT2D eigenvalue weighted by molar-refractivity contribution is 5.21. The van der Waals surface area contributed by atoms with Gasteiger partial charge in [-0.15, -0.1) is 0 Å². The normalized spacial score (nSPS) is 12.6. The number of hydrogen-bond donors (Lipinski definition) is 0. The van der Waals surface area contributed by atoms with Crippen LogP contribution in [0.5, 0.6) is 0 Å². The predicted octanol–water partition coefficient (Wildman–Crippen LogP) is 11.3. The standard InChI is InChI=1S/C39H64O4/c1-37(2,31-23-13-9-7-11-15-25-33-38(40-3,41-4)35-27-19-17-20-28-35)32-24-14-10-8-12-16-26-34-39(42-5,43-6)36-29-21-18-22-30-36/h17-22,27-30H,7-16,23-26,31-34H2,1-6H3. The van der Waals surface area contributed by atoms with Crippen LogP contribution in [0.3, 0.4) is 0 Å². The molecule has 0 aliphatic carbocycles. The fraction of sp³-hybridized carbons (Fsp3) is 0.692. The zero-order chi connectivity index (χ0) is 31.3. The Morgan fingerprint density at radius 1 is 0.372 bits per heavy atom. The van der Waals surface area contributed by atoms with E-state index in [4.69, 9.17) is 18.9 Å². The summed E-state index contributed by atoms with van der Waals surface area (Å²) < 4.78 is 23.3. The Labute approximate surface area is 265 Å². The second kappa shape index (κ2) is 21.1. The number of methoxy groups -OCH3 is 4. The number of ether oxygens (including phenoxy) is 4. The smallest absolute Gasteiger partial charge is 0.194 e. The van der Waals surface area contributed by atoms with Crippen LogP contribution in [0, 0.1) is 5.41 Å². The van der Waals surface area contributed by atoms with Crippen molar-refractivity contribution in [2.24, 2.45) is 5.41 Å². The Bertz CT molecular complexity index is 843. The van der Waals surface area contributed by atoms with Crippen LogP contribution in [0.25, 0.3) is 0 Å². The highest BCUT2D eigenvalue weighted by Crippen LogP contribution is 2.34. The Morgan fingerprint density at radius 2 is 0.628 bits per heavy atom. The van der Waals surface area contributed by atoms with Crippen LogP contribution >= 0.6 is 0 Å². The van der Waals surface area contributed by atoms with E-state index in [2.05, 4.69) is 62.4 Å². The van der Waals surface area contributed by atoms with Gasteiger partial charge in [-0.05, 0) is 31.1 Å². The molecular weight excluding hydrogens is 532 g/mol. The fourth-order valence-corrected chi connectivity index (χ4v) is 6.53. The summed E-state index contributed by atoms with van der Waals surface area (Å²) in [6.45, 7) is 4.95. The molecule has 0 amide bonds. The lowest BCUT2D eigenvalue weighted by Crippen LogP contribution is -2.30. The number of benzene rings is 2. The van der Waals surface area contributed by atoms with Crippen LogP contribution in [-0.2, 0) is 30.5 Å². The van der Waals surface area contributed by atoms with Gasteiger partial charge in [0.1, 0.15) is 0 Å². The molecule has 0 atom stereocenters. The summed E-state index contributed by atoms with van der Waals surface area (Å²) in [5, 5.41) is 0. The van der Waals surface area contributed by atoms with E-state index in [1.54, 1.807) is 28.4 Å². The summed E-state index contributed by atoms with van der Waals surface area (Å²) in [4.78, 5) is 0. The van der Waals surface area contributed by atoms with Crippen LogP contribution < -0.4 is 0 Å². The maximum absolute atomic E-state index is 5.83. The average Bonchev–Trinajstić information content (AvgIpc) is 3.04. The number of rotatable bonds is 26. The Kier molecular flexibility index (Phi) is 18.4. The van der Waals surface area contributed by atoms with Crippen molar-refractivity contribution in [2.45, 2.75) is 141 Å². The van der Waals surface area contributed by atoms with Crippen LogP contribution in [0.15, 0.2) is 60.7 Å². The zero-order valence-corrected chi connectivity index (χ0v) is 28.6. The first-order chi connectivity index (χ1) is 20.9. The first kappa shape index (κ1) is 37.5. The van der Waals surface area contributed by atoms with Crippen molar-refractivity contribution in [1.82, 2.24) is 0 Å². The highest BCUT2D eigenvalue weighted by Gasteiger charge is 2.32. The van der Waals surface area contributed by atoms with Crippen LogP contribution in [-0.4, -0.2) is 28.4 Å². The Hall–Kier alpha value is -1.72. The lowest BCUT2D eigenvalue weighted by molar-refractivity contribution is -0.221. The first-order valence-electron chi connectivity index (χ1n) is 17.2. The third kappa shape index (κ3) is 13.4. The molecule has 43 heavy (non-hydrogen) atoms. The van der Waals surface area contributed by atoms with Crippen LogP contribution in [0.4, 0.5) is 0 Å². The van der Waals surface area contributed by atoms with Crippen molar-refractivity contribution in [3.8, 4) is 0 Å². The van der Waals surface area contributed by atoms with E-state index in [0.717, 1.165) is 36.8 Å². The summed E-state index contributed by atoms with van der Waals surface area (Å²) >= 11 is 0. The second-order valence-corrected chi connectivity index (χ2v) is 13.2. The highest BCUT2D eigenvalue weighted by atomic mass is 16.7. The van der Waals surface area contributed by atoms with Gasteiger partial charge in [-0.25, -0.2) is 0 Å². The van der Waals surface area contributed by atoms with Gasteiger partial charge in [0.05, 0.1) is 0 Å². The molecule has 244 valence electrons. The minimum atomic E-state index is -0.613. The van der Waals surface area contributed by atoms with Crippen molar-refractivity contribution in [3.63, 3.8) is 0 Å². The molecule has 0 aromatic heterocycles. The fourth-order valence-electron chi connectivity index (χ4n) is 6.53. The van der Waals surface area contributed by atoms with E-state index >= 15 is 0 Å². The summed E-state index contributed by atoms with van der Waals surface area (Å²) in [6.07, 6.45) is 22.7. The van der Waals surface area contributed by atoms with Crippen molar-refractivity contribution >= 4 is 0 Å². The molecule has 0 N–H and O–H groups in total. The number of unbranched alkanes of at least 4 members (excludes halogenated alkanes) is 12. The van der Waals surface area contributed by atoms with Gasteiger partial charge in [-0.1, -0.05) is 152 Å². The van der Waals surface area contributed by atoms with Gasteiger partial charge < -0.3 is 18.9 Å². The first-order valence-corrected chi connectivity index (χ1v) is 17.2. The van der Waals surface area contributed by atoms with Gasteiger partial charge >= 0.3 is 0 Å². The molecule has 0 aliphatic heterocycles. The molecule has 0 bridgehead atoms. The molecule has 2 aromatic rings. The monoisotopic (exact) mass is 596 g/mol. The quantitative estimate of drug-likeness (QED) is 0.0799. The summed E-state index contributed by atoms with van der Waals surface area (Å²) in [5.74, 6) is -1.23. The van der Waals surface area contributed by atoms with E-state index in [0.29, 0.717) is 5.41 Å². The van der Waals surface area contributed by atoms with E-state index in [1.807, 2.05) is 12.1 Å². The molecule has 4 heteroatoms. The van der Waals surface area contributed by atoms with Gasteiger partial charge in [0.2, 0.25) is 0 Å². The minimum Gasteiger partial charge on any atom is -0.349 e. The molecule has 0 saturated carbocycles. The molecule has 2 aromatic carbocycles. The third-order valence-corrected chi connectivity index (χ3v) is 9.47. The average molecular weight is 597 g/mol. The molecule has 2 rings (SSSR count). The summed E-state index contributed by atoms with van der Waals surface area (Å²) in [6, 6.07) is 20.7. The molecule has 0 saturated heterocycles. The predicted molar refractivity (Wildman–Crippen MR) is 181 cm³/mol. The van der Waals surface area contributed by atoms with Gasteiger partial charge in [0.25, 0.3) is 0 Å². The van der Waals surface area contributed by atoms with Crippen molar-refractivity contribution in [1.29, 1.82) is 0 Å². The van der Waals surface area contributed by atoms with Gasteiger partial charge in [0, 0.05) is 52.4 Å². The van der Waals surface area contributed by atoms with E-state index < -0.39 is 11.6 Å². The molecule has 0 radical (unpaired) electrons. The zero-order valence-electron chi connectivity index (χ0n) is 28.6. The van der Waals surface area contributed by atoms with Gasteiger partial charge in [-0.3, -0.25) is 0 Å². The van der Waals surface area contributed by atoms with Crippen molar-refractivity contribution in [2.75, 3.05) is 28.4 Å². The Morgan fingerprint density at radius 3 is 0.907 bits per heavy atom. The van der Waals surface area contributed by atoms with Crippen LogP contribution in [0.1, 0.15) is 141 Å². The van der Waals surface area contributed by atoms with Crippen LogP contribution in [0.2, 0.25) is 0 Å². The van der Waals surface area contributed by atoms with E-state index in [-0.39, 0.29) is 0 Å². The number of hydrogen-bond acceptors (Lipinski definition) is 4. The molecule has 0 unspecified atom stereocenters. The van der Waals surface area contributed by atoms with Crippen molar-refractivity contribution in [3.05, 3.63) is 71.8 Å². The molecule has 0 heterocycles. The molecular formula is C39H64O4. The lowest BCUT2D eigenvalue weighted by atomic mass is 9.81. The largest absolute Gasteiger partial charge is 0.349 e. The second-order valence-electron chi connectivity index (χ2n) is 13.2. The minimum absolute atomic E-state index is 0.474. The van der Waals surface area contributed by atoms with E-state index in [1.165, 1.54) is 89.9 Å². The van der Waals surface area contributed by atoms with Gasteiger partial charge in [-0.2, -0.15) is 0 Å². The Balaban J connectivity index is 1.46. The summed E-state index contributed by atoms with van der Waals surface area (Å²) in [5.41, 5.74) is 2.69. The SMILES string of the molecule is COC(CCCCCCCCCC(C)(C)CCCCCCCCCC(OC)(OC)c1ccccc1)(OC)c1ccccc1. The van der Waals surface area contributed by atoms with Gasteiger partial charge in [0.15, 0.2) is 11.6 Å².